The average molecular weight is 276 g/mol. The highest BCUT2D eigenvalue weighted by atomic mass is 32.1. The maximum absolute atomic E-state index is 11.8. The van der Waals surface area contributed by atoms with E-state index in [-0.39, 0.29) is 5.91 Å². The van der Waals surface area contributed by atoms with Crippen molar-refractivity contribution in [2.45, 2.75) is 38.8 Å². The van der Waals surface area contributed by atoms with Gasteiger partial charge in [0.25, 0.3) is 0 Å². The van der Waals surface area contributed by atoms with Crippen molar-refractivity contribution in [2.24, 2.45) is 0 Å². The van der Waals surface area contributed by atoms with Gasteiger partial charge in [-0.25, -0.2) is 0 Å². The maximum Gasteiger partial charge on any atom is 0.225 e. The summed E-state index contributed by atoms with van der Waals surface area (Å²) in [5.41, 5.74) is 0. The highest BCUT2D eigenvalue weighted by Crippen LogP contribution is 2.14. The Morgan fingerprint density at radius 3 is 3.21 bits per heavy atom. The van der Waals surface area contributed by atoms with Crippen LogP contribution in [0.5, 0.6) is 0 Å². The van der Waals surface area contributed by atoms with E-state index in [9.17, 15) is 4.79 Å². The average Bonchev–Trinajstić information content (AvgIpc) is 3.05. The molecule has 0 aliphatic carbocycles. The Morgan fingerprint density at radius 1 is 1.42 bits per heavy atom. The fraction of sp³-hybridized carbons (Fsp3) is 0.462. The molecule has 5 nitrogen and oxygen atoms in total. The number of aryl methyl sites for hydroxylation is 1. The summed E-state index contributed by atoms with van der Waals surface area (Å²) >= 11 is 1.60. The van der Waals surface area contributed by atoms with E-state index >= 15 is 0 Å². The van der Waals surface area contributed by atoms with Crippen LogP contribution < -0.4 is 5.32 Å². The number of hydrogen-bond acceptors (Lipinski definition) is 4. The molecule has 100 valence electrons. The molecule has 0 bridgehead atoms. The fourth-order valence-corrected chi connectivity index (χ4v) is 3.01. The predicted molar refractivity (Wildman–Crippen MR) is 72.8 cm³/mol. The molecule has 0 radical (unpaired) electrons. The molecular weight excluding hydrogens is 260 g/mol. The van der Waals surface area contributed by atoms with E-state index in [1.807, 2.05) is 17.5 Å². The van der Waals surface area contributed by atoms with E-state index in [0.29, 0.717) is 13.0 Å². The van der Waals surface area contributed by atoms with Gasteiger partial charge in [-0.15, -0.1) is 21.5 Å². The Kier molecular flexibility index (Phi) is 3.59. The van der Waals surface area contributed by atoms with Gasteiger partial charge in [0.1, 0.15) is 5.82 Å². The Balaban J connectivity index is 1.57. The smallest absolute Gasteiger partial charge is 0.225 e. The molecule has 0 fully saturated rings. The Morgan fingerprint density at radius 2 is 2.37 bits per heavy atom. The van der Waals surface area contributed by atoms with Gasteiger partial charge in [0.15, 0.2) is 5.82 Å². The molecule has 2 aromatic heterocycles. The van der Waals surface area contributed by atoms with Crippen molar-refractivity contribution in [2.75, 3.05) is 0 Å². The van der Waals surface area contributed by atoms with Crippen LogP contribution in [0.1, 0.15) is 29.4 Å². The highest BCUT2D eigenvalue weighted by molar-refractivity contribution is 7.10. The second kappa shape index (κ2) is 5.52. The van der Waals surface area contributed by atoms with Crippen LogP contribution >= 0.6 is 11.3 Å². The number of aromatic nitrogens is 3. The molecule has 1 N–H and O–H groups in total. The lowest BCUT2D eigenvalue weighted by atomic mass is 10.2. The molecule has 6 heteroatoms. The van der Waals surface area contributed by atoms with Gasteiger partial charge in [-0.2, -0.15) is 0 Å². The SMILES string of the molecule is O=C(Cc1cccs1)NCc1nnc2n1CCCC2. The minimum Gasteiger partial charge on any atom is -0.348 e. The van der Waals surface area contributed by atoms with Crippen molar-refractivity contribution in [3.63, 3.8) is 0 Å². The molecule has 0 saturated heterocycles. The van der Waals surface area contributed by atoms with Crippen LogP contribution in [0.25, 0.3) is 0 Å². The van der Waals surface area contributed by atoms with Crippen molar-refractivity contribution < 1.29 is 4.79 Å². The summed E-state index contributed by atoms with van der Waals surface area (Å²) in [5.74, 6) is 1.96. The van der Waals surface area contributed by atoms with Crippen LogP contribution in [0.15, 0.2) is 17.5 Å². The van der Waals surface area contributed by atoms with Gasteiger partial charge in [-0.05, 0) is 24.3 Å². The maximum atomic E-state index is 11.8. The topological polar surface area (TPSA) is 59.8 Å². The quantitative estimate of drug-likeness (QED) is 0.921. The van der Waals surface area contributed by atoms with Gasteiger partial charge >= 0.3 is 0 Å². The van der Waals surface area contributed by atoms with E-state index < -0.39 is 0 Å². The second-order valence-corrected chi connectivity index (χ2v) is 5.71. The first-order chi connectivity index (χ1) is 9.33. The first-order valence-corrected chi connectivity index (χ1v) is 7.41. The lowest BCUT2D eigenvalue weighted by Crippen LogP contribution is -2.26. The minimum absolute atomic E-state index is 0.0376. The Bertz CT molecular complexity index is 561. The first kappa shape index (κ1) is 12.3. The molecular formula is C13H16N4OS. The number of amides is 1. The molecule has 1 amide bonds. The van der Waals surface area contributed by atoms with Crippen LogP contribution in [-0.4, -0.2) is 20.7 Å². The minimum atomic E-state index is 0.0376. The van der Waals surface area contributed by atoms with Gasteiger partial charge in [0, 0.05) is 17.8 Å². The van der Waals surface area contributed by atoms with Gasteiger partial charge < -0.3 is 9.88 Å². The zero-order valence-corrected chi connectivity index (χ0v) is 11.4. The van der Waals surface area contributed by atoms with Crippen molar-refractivity contribution in [3.8, 4) is 0 Å². The molecule has 1 aliphatic rings. The molecule has 1 aliphatic heterocycles. The van der Waals surface area contributed by atoms with Crippen LogP contribution in [0.2, 0.25) is 0 Å². The lowest BCUT2D eigenvalue weighted by molar-refractivity contribution is -0.120. The summed E-state index contributed by atoms with van der Waals surface area (Å²) < 4.78 is 2.13. The van der Waals surface area contributed by atoms with Crippen molar-refractivity contribution in [1.82, 2.24) is 20.1 Å². The van der Waals surface area contributed by atoms with Gasteiger partial charge in [-0.1, -0.05) is 6.07 Å². The summed E-state index contributed by atoms with van der Waals surface area (Å²) in [6, 6.07) is 3.94. The van der Waals surface area contributed by atoms with E-state index in [1.54, 1.807) is 11.3 Å². The standard InChI is InChI=1S/C13H16N4OS/c18-13(8-10-4-3-7-19-10)14-9-12-16-15-11-5-1-2-6-17(11)12/h3-4,7H,1-2,5-6,8-9H2,(H,14,18). The predicted octanol–water partition coefficient (Wildman–Crippen LogP) is 1.53. The summed E-state index contributed by atoms with van der Waals surface area (Å²) in [6.07, 6.45) is 3.79. The van der Waals surface area contributed by atoms with E-state index in [0.717, 1.165) is 29.5 Å². The molecule has 2 aromatic rings. The molecule has 0 spiro atoms. The first-order valence-electron chi connectivity index (χ1n) is 6.53. The molecule has 0 unspecified atom stereocenters. The molecule has 3 heterocycles. The highest BCUT2D eigenvalue weighted by Gasteiger charge is 2.16. The number of fused-ring (bicyclic) bond motifs is 1. The number of rotatable bonds is 4. The third-order valence-electron chi connectivity index (χ3n) is 3.29. The normalized spacial score (nSPS) is 14.1. The number of hydrogen-bond donors (Lipinski definition) is 1. The third kappa shape index (κ3) is 2.84. The van der Waals surface area contributed by atoms with E-state index in [4.69, 9.17) is 0 Å². The third-order valence-corrected chi connectivity index (χ3v) is 4.17. The van der Waals surface area contributed by atoms with Crippen LogP contribution in [0.4, 0.5) is 0 Å². The zero-order valence-electron chi connectivity index (χ0n) is 10.6. The van der Waals surface area contributed by atoms with E-state index in [1.165, 1.54) is 12.8 Å². The van der Waals surface area contributed by atoms with Gasteiger partial charge in [0.05, 0.1) is 13.0 Å². The van der Waals surface area contributed by atoms with Crippen LogP contribution in [-0.2, 0) is 30.7 Å². The molecule has 0 atom stereocenters. The van der Waals surface area contributed by atoms with Crippen molar-refractivity contribution in [3.05, 3.63) is 34.0 Å². The molecule has 0 aromatic carbocycles. The molecule has 19 heavy (non-hydrogen) atoms. The Labute approximate surface area is 115 Å². The van der Waals surface area contributed by atoms with Crippen molar-refractivity contribution >= 4 is 17.2 Å². The number of thiophene rings is 1. The number of carbonyl (C=O) groups excluding carboxylic acids is 1. The zero-order chi connectivity index (χ0) is 13.1. The van der Waals surface area contributed by atoms with Gasteiger partial charge in [-0.3, -0.25) is 4.79 Å². The van der Waals surface area contributed by atoms with Crippen molar-refractivity contribution in [1.29, 1.82) is 0 Å². The van der Waals surface area contributed by atoms with Crippen LogP contribution in [0, 0.1) is 0 Å². The van der Waals surface area contributed by atoms with Crippen LogP contribution in [0.3, 0.4) is 0 Å². The molecule has 3 rings (SSSR count). The number of nitrogens with one attached hydrogen (secondary N) is 1. The number of nitrogens with zero attached hydrogens (tertiary/aromatic N) is 3. The lowest BCUT2D eigenvalue weighted by Gasteiger charge is -2.14. The van der Waals surface area contributed by atoms with E-state index in [2.05, 4.69) is 20.1 Å². The molecule has 0 saturated carbocycles. The summed E-state index contributed by atoms with van der Waals surface area (Å²) in [5, 5.41) is 13.2. The monoisotopic (exact) mass is 276 g/mol. The largest absolute Gasteiger partial charge is 0.348 e. The van der Waals surface area contributed by atoms with Gasteiger partial charge in [0.2, 0.25) is 5.91 Å². The summed E-state index contributed by atoms with van der Waals surface area (Å²) in [7, 11) is 0. The fourth-order valence-electron chi connectivity index (χ4n) is 2.31. The Hall–Kier alpha value is -1.69. The summed E-state index contributed by atoms with van der Waals surface area (Å²) in [6.45, 7) is 1.44. The second-order valence-electron chi connectivity index (χ2n) is 4.67. The number of carbonyl (C=O) groups is 1. The summed E-state index contributed by atoms with van der Waals surface area (Å²) in [4.78, 5) is 12.9.